The Morgan fingerprint density at radius 3 is 1.00 bits per heavy atom. The second-order valence-electron chi connectivity index (χ2n) is 0. The molecule has 0 bridgehead atoms. The largest absolute Gasteiger partial charge is 0 e. The van der Waals surface area contributed by atoms with E-state index in [1.165, 1.54) is 0 Å². The number of rotatable bonds is 0. The Kier molecular flexibility index (Phi) is 151. The summed E-state index contributed by atoms with van der Waals surface area (Å²) in [5.41, 5.74) is 0. The molecule has 20 valence electrons. The first-order valence-electron chi connectivity index (χ1n) is 0. The van der Waals surface area contributed by atoms with Crippen molar-refractivity contribution in [3.05, 3.63) is 0 Å². The average Bonchev–Trinajstić information content (AvgIpc) is 0. The topological polar surface area (TPSA) is 0 Å². The number of hydrogen-bond acceptors (Lipinski definition) is 0. The third-order valence-corrected chi connectivity index (χ3v) is 0. The van der Waals surface area contributed by atoms with Gasteiger partial charge < -0.3 is 0 Å². The van der Waals surface area contributed by atoms with E-state index >= 15 is 0 Å². The molecule has 0 aliphatic carbocycles. The molecule has 0 spiro atoms. The van der Waals surface area contributed by atoms with Gasteiger partial charge in [0, 0.05) is 74.7 Å². The molecule has 0 saturated heterocycles. The van der Waals surface area contributed by atoms with Gasteiger partial charge >= 0.3 is 0 Å². The minimum atomic E-state index is 0. The fourth-order valence-corrected chi connectivity index (χ4v) is 0. The van der Waals surface area contributed by atoms with Crippen molar-refractivity contribution in [2.45, 2.75) is 0 Å². The zero-order valence-corrected chi connectivity index (χ0v) is 7.10. The Bertz CT molecular complexity index is 8.00. The second-order valence-corrected chi connectivity index (χ2v) is 0. The van der Waals surface area contributed by atoms with Gasteiger partial charge in [0.2, 0.25) is 0 Å². The molecule has 0 aromatic rings. The molecule has 4 heavy (non-hydrogen) atoms. The summed E-state index contributed by atoms with van der Waals surface area (Å²) in [4.78, 5) is 0. The third kappa shape index (κ3) is 8.84. The van der Waals surface area contributed by atoms with E-state index in [1.807, 2.05) is 0 Å². The van der Waals surface area contributed by atoms with Crippen molar-refractivity contribution in [1.82, 2.24) is 0 Å². The van der Waals surface area contributed by atoms with E-state index in [-0.39, 0.29) is 74.7 Å². The molecule has 0 atom stereocenters. The fourth-order valence-electron chi connectivity index (χ4n) is 0. The summed E-state index contributed by atoms with van der Waals surface area (Å²) in [5, 5.41) is 0. The van der Waals surface area contributed by atoms with E-state index in [4.69, 9.17) is 0 Å². The van der Waals surface area contributed by atoms with Crippen LogP contribution in [0, 0.1) is 0 Å². The van der Waals surface area contributed by atoms with E-state index in [2.05, 4.69) is 0 Å². The first kappa shape index (κ1) is 32.9. The molecular formula is AlFeTiV. The van der Waals surface area contributed by atoms with Crippen LogP contribution in [0.3, 0.4) is 0 Å². The van der Waals surface area contributed by atoms with Gasteiger partial charge in [-0.1, -0.05) is 0 Å². The standard InChI is InChI=1S/Al.Fe.Ti.V. The van der Waals surface area contributed by atoms with Crippen molar-refractivity contribution >= 4 is 17.4 Å². The molecule has 0 nitrogen and oxygen atoms in total. The second kappa shape index (κ2) is 18.3. The summed E-state index contributed by atoms with van der Waals surface area (Å²) >= 11 is 0. The molecule has 0 aromatic carbocycles. The van der Waals surface area contributed by atoms with Gasteiger partial charge in [0.15, 0.2) is 0 Å². The Morgan fingerprint density at radius 1 is 1.00 bits per heavy atom. The predicted molar refractivity (Wildman–Crippen MR) is 5.75 cm³/mol. The average molecular weight is 182 g/mol. The van der Waals surface area contributed by atoms with Gasteiger partial charge in [0.25, 0.3) is 0 Å². The molecule has 0 saturated carbocycles. The van der Waals surface area contributed by atoms with Crippen LogP contribution in [0.15, 0.2) is 0 Å². The van der Waals surface area contributed by atoms with Crippen LogP contribution in [0.25, 0.3) is 0 Å². The smallest absolute Gasteiger partial charge is 0 e. The number of hydrogen-bond donors (Lipinski definition) is 0. The molecule has 0 aromatic heterocycles. The predicted octanol–water partition coefficient (Wildman–Crippen LogP) is -0.388. The quantitative estimate of drug-likeness (QED) is 0.447. The van der Waals surface area contributed by atoms with Crippen molar-refractivity contribution in [1.29, 1.82) is 0 Å². The van der Waals surface area contributed by atoms with Crippen LogP contribution in [0.4, 0.5) is 0 Å². The molecule has 0 aliphatic heterocycles. The first-order valence-corrected chi connectivity index (χ1v) is 0. The SMILES string of the molecule is [Al].[Fe].[Ti].[V]. The van der Waals surface area contributed by atoms with E-state index in [9.17, 15) is 0 Å². The van der Waals surface area contributed by atoms with Crippen LogP contribution in [0.5, 0.6) is 0 Å². The van der Waals surface area contributed by atoms with Crippen LogP contribution < -0.4 is 0 Å². The maximum atomic E-state index is 0. The molecular weight excluding hydrogens is 182 g/mol. The molecule has 4 heteroatoms. The van der Waals surface area contributed by atoms with E-state index in [0.717, 1.165) is 0 Å². The van der Waals surface area contributed by atoms with Crippen molar-refractivity contribution < 1.29 is 57.3 Å². The van der Waals surface area contributed by atoms with E-state index < -0.39 is 0 Å². The van der Waals surface area contributed by atoms with Crippen LogP contribution in [-0.2, 0) is 57.3 Å². The Balaban J connectivity index is 0. The fraction of sp³-hybridized carbons (Fsp3) is 0. The molecule has 0 fully saturated rings. The zero-order valence-electron chi connectivity index (χ0n) is 1.88. The summed E-state index contributed by atoms with van der Waals surface area (Å²) in [7, 11) is 0. The van der Waals surface area contributed by atoms with E-state index in [1.54, 1.807) is 0 Å². The summed E-state index contributed by atoms with van der Waals surface area (Å²) in [6.07, 6.45) is 0. The van der Waals surface area contributed by atoms with Crippen molar-refractivity contribution in [3.8, 4) is 0 Å². The normalized spacial score (nSPS) is 0. The van der Waals surface area contributed by atoms with Gasteiger partial charge in [0.1, 0.15) is 0 Å². The molecule has 0 N–H and O–H groups in total. The summed E-state index contributed by atoms with van der Waals surface area (Å²) in [5.74, 6) is 0. The maximum Gasteiger partial charge on any atom is 0 e. The van der Waals surface area contributed by atoms with Crippen LogP contribution in [0.2, 0.25) is 0 Å². The molecule has 0 unspecified atom stereocenters. The summed E-state index contributed by atoms with van der Waals surface area (Å²) in [6, 6.07) is 0. The monoisotopic (exact) mass is 182 g/mol. The third-order valence-electron chi connectivity index (χ3n) is 0. The van der Waals surface area contributed by atoms with Crippen molar-refractivity contribution in [3.63, 3.8) is 0 Å². The van der Waals surface area contributed by atoms with Gasteiger partial charge in [-0.25, -0.2) is 0 Å². The summed E-state index contributed by atoms with van der Waals surface area (Å²) < 4.78 is 0. The Hall–Kier alpha value is 2.35. The molecule has 0 aliphatic rings. The molecule has 4 radical (unpaired) electrons. The van der Waals surface area contributed by atoms with Crippen LogP contribution in [0.1, 0.15) is 0 Å². The first-order chi connectivity index (χ1) is 0. The van der Waals surface area contributed by atoms with Gasteiger partial charge in [0.05, 0.1) is 0 Å². The summed E-state index contributed by atoms with van der Waals surface area (Å²) in [6.45, 7) is 0. The Morgan fingerprint density at radius 2 is 1.00 bits per heavy atom. The minimum Gasteiger partial charge on any atom is 0 e. The maximum absolute atomic E-state index is 0. The van der Waals surface area contributed by atoms with Crippen LogP contribution >= 0.6 is 0 Å². The molecule has 0 heterocycles. The van der Waals surface area contributed by atoms with Crippen LogP contribution in [-0.4, -0.2) is 17.4 Å². The Labute approximate surface area is 73.9 Å². The van der Waals surface area contributed by atoms with Gasteiger partial charge in [-0.2, -0.15) is 0 Å². The van der Waals surface area contributed by atoms with Gasteiger partial charge in [-0.15, -0.1) is 0 Å². The van der Waals surface area contributed by atoms with Crippen molar-refractivity contribution in [2.75, 3.05) is 0 Å². The van der Waals surface area contributed by atoms with E-state index in [0.29, 0.717) is 0 Å². The van der Waals surface area contributed by atoms with Gasteiger partial charge in [-0.3, -0.25) is 0 Å². The minimum absolute atomic E-state index is 0. The van der Waals surface area contributed by atoms with Gasteiger partial charge in [-0.05, 0) is 0 Å². The molecule has 0 rings (SSSR count). The zero-order chi connectivity index (χ0) is 0. The molecule has 0 amide bonds. The van der Waals surface area contributed by atoms with Crippen molar-refractivity contribution in [2.24, 2.45) is 0 Å².